The topological polar surface area (TPSA) is 237 Å². The molecule has 0 saturated heterocycles. The van der Waals surface area contributed by atoms with Crippen molar-refractivity contribution < 1.29 is 80.2 Å². The summed E-state index contributed by atoms with van der Waals surface area (Å²) in [4.78, 5) is 73.0. The van der Waals surface area contributed by atoms with E-state index in [9.17, 15) is 43.2 Å². The normalized spacial score (nSPS) is 14.5. The second-order valence-electron chi connectivity index (χ2n) is 29.8. The number of carbonyl (C=O) groups excluding carboxylic acids is 4. The minimum absolute atomic E-state index is 0.105. The van der Waals surface area contributed by atoms with Gasteiger partial charge in [-0.1, -0.05) is 363 Å². The molecule has 17 nitrogen and oxygen atoms in total. The highest BCUT2D eigenvalue weighted by Crippen LogP contribution is 2.45. The van der Waals surface area contributed by atoms with Gasteiger partial charge in [-0.25, -0.2) is 9.13 Å². The lowest BCUT2D eigenvalue weighted by Gasteiger charge is -2.21. The van der Waals surface area contributed by atoms with Gasteiger partial charge in [0.1, 0.15) is 19.3 Å². The number of unbranched alkanes of at least 4 members (excludes halogenated alkanes) is 44. The zero-order chi connectivity index (χ0) is 73.0. The minimum atomic E-state index is -4.96. The number of aliphatic hydroxyl groups is 1. The molecule has 3 N–H and O–H groups in total. The molecule has 0 amide bonds. The van der Waals surface area contributed by atoms with Crippen molar-refractivity contribution in [3.05, 3.63) is 0 Å². The van der Waals surface area contributed by atoms with Crippen LogP contribution in [0.3, 0.4) is 0 Å². The van der Waals surface area contributed by atoms with Gasteiger partial charge in [0.05, 0.1) is 26.4 Å². The van der Waals surface area contributed by atoms with Crippen molar-refractivity contribution in [3.8, 4) is 0 Å². The van der Waals surface area contributed by atoms with Crippen LogP contribution in [-0.2, 0) is 65.4 Å². The van der Waals surface area contributed by atoms with Crippen LogP contribution in [0.15, 0.2) is 0 Å². The van der Waals surface area contributed by atoms with Gasteiger partial charge in [-0.3, -0.25) is 37.3 Å². The SMILES string of the molecule is CCCCCCCCCCCCCCCCCCCCC(=O)OC[C@H](COP(=O)(O)OC[C@@H](O)COP(=O)(O)OC[C@@H](COC(=O)CCCCCCCCC(C)C)OC(=O)CCCCCCCCCCCCC(C)CC)OC(=O)CCCCCCCCCCCCCCCCC(C)CC. The summed E-state index contributed by atoms with van der Waals surface area (Å²) in [6.45, 7) is 11.9. The molecule has 4 unspecified atom stereocenters. The molecule has 0 fully saturated rings. The second kappa shape index (κ2) is 70.4. The smallest absolute Gasteiger partial charge is 0.462 e. The number of phosphoric acid groups is 2. The molecule has 19 heteroatoms. The van der Waals surface area contributed by atoms with Crippen LogP contribution in [0.5, 0.6) is 0 Å². The predicted octanol–water partition coefficient (Wildman–Crippen LogP) is 23.7. The van der Waals surface area contributed by atoms with Crippen LogP contribution in [0.2, 0.25) is 0 Å². The molecule has 99 heavy (non-hydrogen) atoms. The van der Waals surface area contributed by atoms with Gasteiger partial charge in [0.15, 0.2) is 12.2 Å². The molecule has 0 aromatic rings. The first-order valence-electron chi connectivity index (χ1n) is 41.4. The Hall–Kier alpha value is -1.94. The van der Waals surface area contributed by atoms with E-state index < -0.39 is 97.5 Å². The Kier molecular flexibility index (Phi) is 69.0. The number of phosphoric ester groups is 2. The summed E-state index contributed by atoms with van der Waals surface area (Å²) in [5.74, 6) is 0.214. The highest BCUT2D eigenvalue weighted by atomic mass is 31.2. The van der Waals surface area contributed by atoms with E-state index in [-0.39, 0.29) is 25.7 Å². The van der Waals surface area contributed by atoms with Crippen molar-refractivity contribution in [2.75, 3.05) is 39.6 Å². The molecular weight excluding hydrogens is 1290 g/mol. The molecular formula is C80H156O17P2. The van der Waals surface area contributed by atoms with E-state index in [0.29, 0.717) is 31.6 Å². The fourth-order valence-electron chi connectivity index (χ4n) is 12.2. The predicted molar refractivity (Wildman–Crippen MR) is 405 cm³/mol. The fraction of sp³-hybridized carbons (Fsp3) is 0.950. The molecule has 0 rings (SSSR count). The standard InChI is InChI=1S/C80H156O17P2/c1-8-11-12-13-14-15-16-17-18-19-20-21-25-28-34-39-47-54-61-77(82)90-67-75(96-79(84)63-56-49-40-35-29-26-23-22-24-27-32-37-45-52-59-72(6)9-2)69-94-98(86,87)92-65-74(81)66-93-99(88,89)95-70-76(68-91-78(83)62-55-48-43-42-44-51-58-71(4)5)97-80(85)64-57-50-41-36-31-30-33-38-46-53-60-73(7)10-3/h71-76,81H,8-70H2,1-7H3,(H,86,87)(H,88,89)/t72?,73?,74-,75-,76-/m1/s1. The summed E-state index contributed by atoms with van der Waals surface area (Å²) in [5.41, 5.74) is 0. The molecule has 7 atom stereocenters. The van der Waals surface area contributed by atoms with Crippen molar-refractivity contribution >= 4 is 39.5 Å². The summed E-state index contributed by atoms with van der Waals surface area (Å²) in [5, 5.41) is 10.6. The van der Waals surface area contributed by atoms with E-state index in [4.69, 9.17) is 37.0 Å². The lowest BCUT2D eigenvalue weighted by molar-refractivity contribution is -0.161. The Morgan fingerprint density at radius 2 is 0.515 bits per heavy atom. The van der Waals surface area contributed by atoms with Crippen LogP contribution in [0, 0.1) is 17.8 Å². The third-order valence-corrected chi connectivity index (χ3v) is 21.3. The van der Waals surface area contributed by atoms with Gasteiger partial charge < -0.3 is 33.8 Å². The Morgan fingerprint density at radius 1 is 0.293 bits per heavy atom. The summed E-state index contributed by atoms with van der Waals surface area (Å²) in [6.07, 6.45) is 58.3. The molecule has 0 aromatic carbocycles. The number of hydrogen-bond acceptors (Lipinski definition) is 15. The van der Waals surface area contributed by atoms with Crippen LogP contribution >= 0.6 is 15.6 Å². The van der Waals surface area contributed by atoms with Gasteiger partial charge in [-0.05, 0) is 43.4 Å². The molecule has 0 aliphatic carbocycles. The molecule has 0 aliphatic heterocycles. The average molecular weight is 1450 g/mol. The molecule has 0 aliphatic rings. The number of hydrogen-bond donors (Lipinski definition) is 3. The summed E-state index contributed by atoms with van der Waals surface area (Å²) in [7, 11) is -9.92. The Bertz CT molecular complexity index is 1930. The number of aliphatic hydroxyl groups excluding tert-OH is 1. The van der Waals surface area contributed by atoms with Crippen molar-refractivity contribution in [1.82, 2.24) is 0 Å². The van der Waals surface area contributed by atoms with E-state index in [1.54, 1.807) is 0 Å². The number of ether oxygens (including phenoxy) is 4. The Labute approximate surface area is 607 Å². The number of rotatable bonds is 78. The Balaban J connectivity index is 5.24. The Morgan fingerprint density at radius 3 is 0.768 bits per heavy atom. The maximum absolute atomic E-state index is 13.1. The van der Waals surface area contributed by atoms with Crippen molar-refractivity contribution in [2.45, 2.75) is 433 Å². The molecule has 0 aromatic heterocycles. The minimum Gasteiger partial charge on any atom is -0.462 e. The van der Waals surface area contributed by atoms with Gasteiger partial charge in [-0.2, -0.15) is 0 Å². The van der Waals surface area contributed by atoms with E-state index in [2.05, 4.69) is 48.5 Å². The summed E-state index contributed by atoms with van der Waals surface area (Å²) >= 11 is 0. The van der Waals surface area contributed by atoms with Crippen LogP contribution in [0.25, 0.3) is 0 Å². The zero-order valence-corrected chi connectivity index (χ0v) is 66.8. The van der Waals surface area contributed by atoms with Crippen molar-refractivity contribution in [3.63, 3.8) is 0 Å². The lowest BCUT2D eigenvalue weighted by Crippen LogP contribution is -2.30. The van der Waals surface area contributed by atoms with E-state index in [1.165, 1.54) is 218 Å². The first-order chi connectivity index (χ1) is 47.8. The second-order valence-corrected chi connectivity index (χ2v) is 32.7. The monoisotopic (exact) mass is 1450 g/mol. The third-order valence-electron chi connectivity index (χ3n) is 19.4. The third kappa shape index (κ3) is 71.5. The molecule has 0 saturated carbocycles. The van der Waals surface area contributed by atoms with Gasteiger partial charge in [0.25, 0.3) is 0 Å². The lowest BCUT2D eigenvalue weighted by atomic mass is 9.99. The van der Waals surface area contributed by atoms with Crippen molar-refractivity contribution in [2.24, 2.45) is 17.8 Å². The first kappa shape index (κ1) is 97.1. The molecule has 0 radical (unpaired) electrons. The summed E-state index contributed by atoms with van der Waals surface area (Å²) in [6, 6.07) is 0. The maximum atomic E-state index is 13.1. The summed E-state index contributed by atoms with van der Waals surface area (Å²) < 4.78 is 68.7. The first-order valence-corrected chi connectivity index (χ1v) is 44.4. The van der Waals surface area contributed by atoms with Crippen LogP contribution in [0.1, 0.15) is 414 Å². The molecule has 0 heterocycles. The van der Waals surface area contributed by atoms with E-state index >= 15 is 0 Å². The number of esters is 4. The highest BCUT2D eigenvalue weighted by Gasteiger charge is 2.30. The van der Waals surface area contributed by atoms with Crippen LogP contribution in [0.4, 0.5) is 0 Å². The zero-order valence-electron chi connectivity index (χ0n) is 65.0. The van der Waals surface area contributed by atoms with Gasteiger partial charge >= 0.3 is 39.5 Å². The fourth-order valence-corrected chi connectivity index (χ4v) is 13.8. The quantitative estimate of drug-likeness (QED) is 0.0222. The van der Waals surface area contributed by atoms with Crippen molar-refractivity contribution in [1.29, 1.82) is 0 Å². The van der Waals surface area contributed by atoms with Gasteiger partial charge in [0.2, 0.25) is 0 Å². The molecule has 0 bridgehead atoms. The number of carbonyl (C=O) groups is 4. The maximum Gasteiger partial charge on any atom is 0.472 e. The van der Waals surface area contributed by atoms with Gasteiger partial charge in [-0.15, -0.1) is 0 Å². The molecule has 588 valence electrons. The molecule has 0 spiro atoms. The van der Waals surface area contributed by atoms with E-state index in [0.717, 1.165) is 108 Å². The van der Waals surface area contributed by atoms with Gasteiger partial charge in [0, 0.05) is 25.7 Å². The van der Waals surface area contributed by atoms with Crippen LogP contribution in [-0.4, -0.2) is 96.7 Å². The largest absolute Gasteiger partial charge is 0.472 e. The highest BCUT2D eigenvalue weighted by molar-refractivity contribution is 7.47. The average Bonchev–Trinajstić information content (AvgIpc) is 0.989. The van der Waals surface area contributed by atoms with E-state index in [1.807, 2.05) is 0 Å². The van der Waals surface area contributed by atoms with Crippen LogP contribution < -0.4 is 0 Å².